The molecule has 2 heteroatoms. The van der Waals surface area contributed by atoms with Crippen molar-refractivity contribution in [2.75, 3.05) is 0 Å². The molecular weight excluding hydrogens is 198 g/mol. The zero-order valence-electron chi connectivity index (χ0n) is 9.76. The van der Waals surface area contributed by atoms with E-state index in [1.54, 1.807) is 0 Å². The third kappa shape index (κ3) is 4.46. The van der Waals surface area contributed by atoms with Crippen molar-refractivity contribution >= 4 is 0 Å². The minimum atomic E-state index is -0.701. The predicted octanol–water partition coefficient (Wildman–Crippen LogP) is 3.06. The molecule has 1 unspecified atom stereocenters. The van der Waals surface area contributed by atoms with Crippen molar-refractivity contribution in [1.29, 1.82) is 5.26 Å². The quantitative estimate of drug-likeness (QED) is 0.735. The fourth-order valence-electron chi connectivity index (χ4n) is 1.91. The topological polar surface area (TPSA) is 44.0 Å². The average Bonchev–Trinajstić information content (AvgIpc) is 2.83. The summed E-state index contributed by atoms with van der Waals surface area (Å²) in [4.78, 5) is 0. The standard InChI is InChI=1S/C7H11NO.C7H8/c8-5-7(9)6-3-1-2-4-6;1-7-5-3-2-4-6-7/h6-7,9H,1-4H2;2-6H,1H3. The number of hydrogen-bond donors (Lipinski definition) is 1. The summed E-state index contributed by atoms with van der Waals surface area (Å²) >= 11 is 0. The van der Waals surface area contributed by atoms with Crippen molar-refractivity contribution in [1.82, 2.24) is 0 Å². The molecule has 1 fully saturated rings. The average molecular weight is 217 g/mol. The Morgan fingerprint density at radius 3 is 2.19 bits per heavy atom. The Morgan fingerprint density at radius 1 is 1.25 bits per heavy atom. The highest BCUT2D eigenvalue weighted by atomic mass is 16.3. The summed E-state index contributed by atoms with van der Waals surface area (Å²) in [7, 11) is 0. The molecule has 0 saturated heterocycles. The molecule has 0 amide bonds. The van der Waals surface area contributed by atoms with Crippen LogP contribution in [0.15, 0.2) is 30.3 Å². The number of nitrogens with zero attached hydrogens (tertiary/aromatic N) is 1. The van der Waals surface area contributed by atoms with Crippen LogP contribution >= 0.6 is 0 Å². The van der Waals surface area contributed by atoms with E-state index in [0.717, 1.165) is 12.8 Å². The molecule has 1 aliphatic carbocycles. The maximum Gasteiger partial charge on any atom is 0.143 e. The smallest absolute Gasteiger partial charge is 0.143 e. The van der Waals surface area contributed by atoms with E-state index >= 15 is 0 Å². The van der Waals surface area contributed by atoms with Gasteiger partial charge in [0, 0.05) is 0 Å². The van der Waals surface area contributed by atoms with Gasteiger partial charge in [-0.2, -0.15) is 5.26 Å². The van der Waals surface area contributed by atoms with Crippen LogP contribution in [0.1, 0.15) is 31.2 Å². The molecule has 86 valence electrons. The fourth-order valence-corrected chi connectivity index (χ4v) is 1.91. The number of hydrogen-bond acceptors (Lipinski definition) is 2. The van der Waals surface area contributed by atoms with Crippen LogP contribution in [0.5, 0.6) is 0 Å². The number of benzene rings is 1. The van der Waals surface area contributed by atoms with Crippen LogP contribution < -0.4 is 0 Å². The Balaban J connectivity index is 0.000000165. The van der Waals surface area contributed by atoms with Crippen LogP contribution in [-0.2, 0) is 0 Å². The molecule has 1 aromatic carbocycles. The molecule has 1 aromatic rings. The van der Waals surface area contributed by atoms with Gasteiger partial charge in [-0.3, -0.25) is 0 Å². The van der Waals surface area contributed by atoms with Crippen molar-refractivity contribution in [3.05, 3.63) is 35.9 Å². The first-order valence-electron chi connectivity index (χ1n) is 5.83. The van der Waals surface area contributed by atoms with Gasteiger partial charge in [-0.15, -0.1) is 0 Å². The zero-order chi connectivity index (χ0) is 11.8. The van der Waals surface area contributed by atoms with Crippen molar-refractivity contribution in [3.63, 3.8) is 0 Å². The van der Waals surface area contributed by atoms with Gasteiger partial charge in [-0.25, -0.2) is 0 Å². The molecule has 0 bridgehead atoms. The first kappa shape index (κ1) is 12.7. The Labute approximate surface area is 97.5 Å². The van der Waals surface area contributed by atoms with E-state index < -0.39 is 6.10 Å². The Bertz CT molecular complexity index is 322. The first-order chi connectivity index (χ1) is 7.74. The van der Waals surface area contributed by atoms with E-state index in [0.29, 0.717) is 0 Å². The molecule has 0 spiro atoms. The molecule has 1 atom stereocenters. The molecule has 1 saturated carbocycles. The lowest BCUT2D eigenvalue weighted by atomic mass is 10.0. The van der Waals surface area contributed by atoms with E-state index in [2.05, 4.69) is 19.1 Å². The largest absolute Gasteiger partial charge is 0.378 e. The van der Waals surface area contributed by atoms with Gasteiger partial charge >= 0.3 is 0 Å². The van der Waals surface area contributed by atoms with Crippen molar-refractivity contribution in [2.45, 2.75) is 38.7 Å². The number of aliphatic hydroxyl groups is 1. The van der Waals surface area contributed by atoms with E-state index in [-0.39, 0.29) is 5.92 Å². The highest BCUT2D eigenvalue weighted by Crippen LogP contribution is 2.27. The lowest BCUT2D eigenvalue weighted by Crippen LogP contribution is -2.14. The molecule has 0 heterocycles. The molecule has 2 rings (SSSR count). The van der Waals surface area contributed by atoms with Gasteiger partial charge in [-0.05, 0) is 25.7 Å². The lowest BCUT2D eigenvalue weighted by molar-refractivity contribution is 0.162. The Morgan fingerprint density at radius 2 is 1.81 bits per heavy atom. The summed E-state index contributed by atoms with van der Waals surface area (Å²) in [6, 6.07) is 12.1. The monoisotopic (exact) mass is 217 g/mol. The summed E-state index contributed by atoms with van der Waals surface area (Å²) in [5.41, 5.74) is 1.32. The van der Waals surface area contributed by atoms with Crippen molar-refractivity contribution in [2.24, 2.45) is 5.92 Å². The third-order valence-electron chi connectivity index (χ3n) is 2.92. The van der Waals surface area contributed by atoms with Crippen LogP contribution in [0.2, 0.25) is 0 Å². The number of nitriles is 1. The van der Waals surface area contributed by atoms with E-state index in [1.807, 2.05) is 24.3 Å². The predicted molar refractivity (Wildman–Crippen MR) is 64.8 cm³/mol. The molecule has 2 nitrogen and oxygen atoms in total. The summed E-state index contributed by atoms with van der Waals surface area (Å²) in [5, 5.41) is 17.3. The van der Waals surface area contributed by atoms with Gasteiger partial charge in [0.2, 0.25) is 0 Å². The van der Waals surface area contributed by atoms with Crippen molar-refractivity contribution in [3.8, 4) is 6.07 Å². The summed E-state index contributed by atoms with van der Waals surface area (Å²) < 4.78 is 0. The van der Waals surface area contributed by atoms with Gasteiger partial charge in [0.1, 0.15) is 6.10 Å². The third-order valence-corrected chi connectivity index (χ3v) is 2.92. The Hall–Kier alpha value is -1.33. The molecule has 0 aliphatic heterocycles. The summed E-state index contributed by atoms with van der Waals surface area (Å²) in [6.07, 6.45) is 3.74. The molecule has 16 heavy (non-hydrogen) atoms. The number of rotatable bonds is 1. The lowest BCUT2D eigenvalue weighted by Gasteiger charge is -2.07. The first-order valence-corrected chi connectivity index (χ1v) is 5.83. The van der Waals surface area contributed by atoms with E-state index in [9.17, 15) is 0 Å². The van der Waals surface area contributed by atoms with Gasteiger partial charge < -0.3 is 5.11 Å². The maximum atomic E-state index is 9.00. The minimum Gasteiger partial charge on any atom is -0.378 e. The molecule has 1 N–H and O–H groups in total. The van der Waals surface area contributed by atoms with Crippen LogP contribution in [0.4, 0.5) is 0 Å². The van der Waals surface area contributed by atoms with E-state index in [4.69, 9.17) is 10.4 Å². The highest BCUT2D eigenvalue weighted by Gasteiger charge is 2.22. The van der Waals surface area contributed by atoms with Gasteiger partial charge in [0.25, 0.3) is 0 Å². The molecular formula is C14H19NO. The number of aryl methyl sites for hydroxylation is 1. The van der Waals surface area contributed by atoms with Gasteiger partial charge in [0.05, 0.1) is 6.07 Å². The minimum absolute atomic E-state index is 0.273. The SMILES string of the molecule is Cc1ccccc1.N#CC(O)C1CCCC1. The molecule has 0 aromatic heterocycles. The number of aliphatic hydroxyl groups excluding tert-OH is 1. The summed E-state index contributed by atoms with van der Waals surface area (Å²) in [6.45, 7) is 2.08. The van der Waals surface area contributed by atoms with Gasteiger partial charge in [-0.1, -0.05) is 48.7 Å². The molecule has 0 radical (unpaired) electrons. The maximum absolute atomic E-state index is 9.00. The van der Waals surface area contributed by atoms with Crippen LogP contribution in [0.25, 0.3) is 0 Å². The van der Waals surface area contributed by atoms with Gasteiger partial charge in [0.15, 0.2) is 0 Å². The Kier molecular flexibility index (Phi) is 5.60. The van der Waals surface area contributed by atoms with Crippen LogP contribution in [-0.4, -0.2) is 11.2 Å². The van der Waals surface area contributed by atoms with E-state index in [1.165, 1.54) is 18.4 Å². The fraction of sp³-hybridized carbons (Fsp3) is 0.500. The van der Waals surface area contributed by atoms with Crippen molar-refractivity contribution < 1.29 is 5.11 Å². The summed E-state index contributed by atoms with van der Waals surface area (Å²) in [5.74, 6) is 0.273. The zero-order valence-corrected chi connectivity index (χ0v) is 9.76. The van der Waals surface area contributed by atoms with Crippen LogP contribution in [0, 0.1) is 24.2 Å². The second-order valence-corrected chi connectivity index (χ2v) is 4.27. The highest BCUT2D eigenvalue weighted by molar-refractivity contribution is 5.11. The second-order valence-electron chi connectivity index (χ2n) is 4.27. The normalized spacial score (nSPS) is 17.1. The van der Waals surface area contributed by atoms with Crippen LogP contribution in [0.3, 0.4) is 0 Å². The second kappa shape index (κ2) is 7.03. The molecule has 1 aliphatic rings.